The molecule has 0 atom stereocenters. The van der Waals surface area contributed by atoms with Crippen molar-refractivity contribution in [3.63, 3.8) is 0 Å². The fraction of sp³-hybridized carbons (Fsp3) is 0.0769. The van der Waals surface area contributed by atoms with Crippen LogP contribution in [0.3, 0.4) is 0 Å². The zero-order valence-corrected chi connectivity index (χ0v) is 9.09. The molecule has 80 valence electrons. The first-order chi connectivity index (χ1) is 7.68. The molecule has 0 aliphatic rings. The van der Waals surface area contributed by atoms with Gasteiger partial charge < -0.3 is 10.0 Å². The Morgan fingerprint density at radius 2 is 1.50 bits per heavy atom. The van der Waals surface area contributed by atoms with E-state index in [1.807, 2.05) is 24.3 Å². The molecule has 2 aromatic carbocycles. The molecular formula is C13H13BO2. The minimum absolute atomic E-state index is 0.511. The molecule has 2 rings (SSSR count). The molecule has 0 bridgehead atoms. The van der Waals surface area contributed by atoms with E-state index in [-0.39, 0.29) is 0 Å². The lowest BCUT2D eigenvalue weighted by molar-refractivity contribution is 0.426. The quantitative estimate of drug-likeness (QED) is 0.737. The standard InChI is InChI=1S/C13H13BO2/c1-10-4-2-3-5-13(10)11-6-8-12(9-7-11)14(15)16/h2-9,15-16H,1H3. The molecule has 0 heterocycles. The second-order valence-electron chi connectivity index (χ2n) is 3.81. The third-order valence-electron chi connectivity index (χ3n) is 2.66. The van der Waals surface area contributed by atoms with E-state index < -0.39 is 7.12 Å². The molecule has 0 aliphatic carbocycles. The van der Waals surface area contributed by atoms with Crippen LogP contribution in [0.25, 0.3) is 11.1 Å². The van der Waals surface area contributed by atoms with Crippen LogP contribution in [0.2, 0.25) is 0 Å². The molecule has 0 radical (unpaired) electrons. The second-order valence-corrected chi connectivity index (χ2v) is 3.81. The average Bonchev–Trinajstić information content (AvgIpc) is 2.30. The lowest BCUT2D eigenvalue weighted by Crippen LogP contribution is -2.29. The summed E-state index contributed by atoms with van der Waals surface area (Å²) < 4.78 is 0. The van der Waals surface area contributed by atoms with E-state index in [0.717, 1.165) is 5.56 Å². The second kappa shape index (κ2) is 4.52. The number of rotatable bonds is 2. The SMILES string of the molecule is Cc1ccccc1-c1ccc(B(O)O)cc1. The molecule has 0 fully saturated rings. The van der Waals surface area contributed by atoms with Crippen LogP contribution in [-0.4, -0.2) is 17.2 Å². The van der Waals surface area contributed by atoms with Crippen molar-refractivity contribution in [1.29, 1.82) is 0 Å². The molecular weight excluding hydrogens is 199 g/mol. The van der Waals surface area contributed by atoms with Gasteiger partial charge >= 0.3 is 7.12 Å². The van der Waals surface area contributed by atoms with E-state index in [1.165, 1.54) is 11.1 Å². The van der Waals surface area contributed by atoms with Crippen LogP contribution in [0.5, 0.6) is 0 Å². The van der Waals surface area contributed by atoms with Crippen LogP contribution < -0.4 is 5.46 Å². The Labute approximate surface area is 95.3 Å². The Morgan fingerprint density at radius 1 is 0.875 bits per heavy atom. The van der Waals surface area contributed by atoms with Crippen LogP contribution in [0.1, 0.15) is 5.56 Å². The van der Waals surface area contributed by atoms with Crippen molar-refractivity contribution < 1.29 is 10.0 Å². The van der Waals surface area contributed by atoms with Gasteiger partial charge in [0.15, 0.2) is 0 Å². The average molecular weight is 212 g/mol. The first-order valence-electron chi connectivity index (χ1n) is 5.20. The van der Waals surface area contributed by atoms with E-state index >= 15 is 0 Å². The Hall–Kier alpha value is -1.58. The highest BCUT2D eigenvalue weighted by Crippen LogP contribution is 2.21. The molecule has 2 N–H and O–H groups in total. The summed E-state index contributed by atoms with van der Waals surface area (Å²) in [6.45, 7) is 2.06. The van der Waals surface area contributed by atoms with Gasteiger partial charge in [0.2, 0.25) is 0 Å². The number of aryl methyl sites for hydroxylation is 1. The van der Waals surface area contributed by atoms with E-state index in [1.54, 1.807) is 12.1 Å². The molecule has 2 aromatic rings. The Kier molecular flexibility index (Phi) is 3.08. The summed E-state index contributed by atoms with van der Waals surface area (Å²) in [5, 5.41) is 18.0. The van der Waals surface area contributed by atoms with E-state index in [2.05, 4.69) is 19.1 Å². The monoisotopic (exact) mass is 212 g/mol. The van der Waals surface area contributed by atoms with E-state index in [9.17, 15) is 0 Å². The van der Waals surface area contributed by atoms with Gasteiger partial charge in [-0.3, -0.25) is 0 Å². The normalized spacial score (nSPS) is 10.2. The van der Waals surface area contributed by atoms with Gasteiger partial charge in [0, 0.05) is 0 Å². The van der Waals surface area contributed by atoms with Gasteiger partial charge in [-0.15, -0.1) is 0 Å². The van der Waals surface area contributed by atoms with Gasteiger partial charge in [0.1, 0.15) is 0 Å². The number of hydrogen-bond acceptors (Lipinski definition) is 2. The maximum atomic E-state index is 9.00. The third-order valence-corrected chi connectivity index (χ3v) is 2.66. The van der Waals surface area contributed by atoms with Gasteiger partial charge in [-0.05, 0) is 29.1 Å². The van der Waals surface area contributed by atoms with Gasteiger partial charge in [-0.2, -0.15) is 0 Å². The van der Waals surface area contributed by atoms with Crippen LogP contribution in [0.15, 0.2) is 48.5 Å². The zero-order chi connectivity index (χ0) is 11.5. The van der Waals surface area contributed by atoms with Crippen molar-refractivity contribution in [2.45, 2.75) is 6.92 Å². The summed E-state index contributed by atoms with van der Waals surface area (Å²) in [7, 11) is -1.40. The van der Waals surface area contributed by atoms with Gasteiger partial charge in [0.25, 0.3) is 0 Å². The molecule has 0 aromatic heterocycles. The Bertz CT molecular complexity index is 478. The summed E-state index contributed by atoms with van der Waals surface area (Å²) in [5.41, 5.74) is 3.97. The third kappa shape index (κ3) is 2.16. The largest absolute Gasteiger partial charge is 0.488 e. The van der Waals surface area contributed by atoms with Crippen molar-refractivity contribution in [2.24, 2.45) is 0 Å². The fourth-order valence-corrected chi connectivity index (χ4v) is 1.73. The topological polar surface area (TPSA) is 40.5 Å². The predicted octanol–water partition coefficient (Wildman–Crippen LogP) is 1.34. The first kappa shape index (κ1) is 10.9. The van der Waals surface area contributed by atoms with Crippen molar-refractivity contribution in [3.8, 4) is 11.1 Å². The predicted molar refractivity (Wildman–Crippen MR) is 66.4 cm³/mol. The lowest BCUT2D eigenvalue weighted by Gasteiger charge is -2.06. The minimum atomic E-state index is -1.40. The fourth-order valence-electron chi connectivity index (χ4n) is 1.73. The molecule has 0 amide bonds. The first-order valence-corrected chi connectivity index (χ1v) is 5.20. The maximum absolute atomic E-state index is 9.00. The van der Waals surface area contributed by atoms with Crippen molar-refractivity contribution in [3.05, 3.63) is 54.1 Å². The summed E-state index contributed by atoms with van der Waals surface area (Å²) in [6, 6.07) is 15.4. The van der Waals surface area contributed by atoms with E-state index in [0.29, 0.717) is 5.46 Å². The van der Waals surface area contributed by atoms with Crippen molar-refractivity contribution in [1.82, 2.24) is 0 Å². The summed E-state index contributed by atoms with van der Waals surface area (Å²) in [6.07, 6.45) is 0. The van der Waals surface area contributed by atoms with Crippen LogP contribution in [0, 0.1) is 6.92 Å². The maximum Gasteiger partial charge on any atom is 0.488 e. The van der Waals surface area contributed by atoms with Crippen LogP contribution >= 0.6 is 0 Å². The van der Waals surface area contributed by atoms with Gasteiger partial charge in [-0.1, -0.05) is 48.5 Å². The van der Waals surface area contributed by atoms with Crippen LogP contribution in [0.4, 0.5) is 0 Å². The molecule has 0 spiro atoms. The Balaban J connectivity index is 2.39. The summed E-state index contributed by atoms with van der Waals surface area (Å²) in [4.78, 5) is 0. The highest BCUT2D eigenvalue weighted by atomic mass is 16.4. The van der Waals surface area contributed by atoms with Crippen molar-refractivity contribution >= 4 is 12.6 Å². The number of hydrogen-bond donors (Lipinski definition) is 2. The Morgan fingerprint density at radius 3 is 2.06 bits per heavy atom. The zero-order valence-electron chi connectivity index (χ0n) is 9.09. The van der Waals surface area contributed by atoms with Crippen molar-refractivity contribution in [2.75, 3.05) is 0 Å². The summed E-state index contributed by atoms with van der Waals surface area (Å²) in [5.74, 6) is 0. The molecule has 0 unspecified atom stereocenters. The minimum Gasteiger partial charge on any atom is -0.423 e. The molecule has 2 nitrogen and oxygen atoms in total. The van der Waals surface area contributed by atoms with E-state index in [4.69, 9.17) is 10.0 Å². The molecule has 16 heavy (non-hydrogen) atoms. The molecule has 3 heteroatoms. The molecule has 0 aliphatic heterocycles. The smallest absolute Gasteiger partial charge is 0.423 e. The molecule has 0 saturated heterocycles. The molecule has 0 saturated carbocycles. The highest BCUT2D eigenvalue weighted by molar-refractivity contribution is 6.58. The number of benzene rings is 2. The lowest BCUT2D eigenvalue weighted by atomic mass is 9.79. The van der Waals surface area contributed by atoms with Crippen LogP contribution in [-0.2, 0) is 0 Å². The van der Waals surface area contributed by atoms with Gasteiger partial charge in [-0.25, -0.2) is 0 Å². The summed E-state index contributed by atoms with van der Waals surface area (Å²) >= 11 is 0. The highest BCUT2D eigenvalue weighted by Gasteiger charge is 2.10. The van der Waals surface area contributed by atoms with Gasteiger partial charge in [0.05, 0.1) is 0 Å².